The number of hydrogen-bond acceptors (Lipinski definition) is 16. The molecular formula is C27H10N8O16. The molecule has 0 bridgehead atoms. The number of non-ortho nitro benzene ring substituents is 4. The van der Waals surface area contributed by atoms with Crippen molar-refractivity contribution in [3.05, 3.63) is 158 Å². The van der Waals surface area contributed by atoms with Gasteiger partial charge >= 0.3 is 0 Å². The summed E-state index contributed by atoms with van der Waals surface area (Å²) < 4.78 is 0. The second kappa shape index (κ2) is 11.2. The van der Waals surface area contributed by atoms with E-state index in [2.05, 4.69) is 0 Å². The minimum atomic E-state index is -1.71. The van der Waals surface area contributed by atoms with E-state index in [0.29, 0.717) is 24.3 Å². The molecule has 6 rings (SSSR count). The van der Waals surface area contributed by atoms with Gasteiger partial charge in [0.05, 0.1) is 85.9 Å². The summed E-state index contributed by atoms with van der Waals surface area (Å²) in [5.74, 6) is -1.71. The molecular weight excluding hydrogens is 692 g/mol. The molecule has 0 heterocycles. The number of fused-ring (bicyclic) bond motifs is 6. The van der Waals surface area contributed by atoms with E-state index in [-0.39, 0.29) is 0 Å². The van der Waals surface area contributed by atoms with Crippen LogP contribution < -0.4 is 0 Å². The Morgan fingerprint density at radius 3 is 0.922 bits per heavy atom. The lowest BCUT2D eigenvalue weighted by atomic mass is 9.90. The van der Waals surface area contributed by atoms with Gasteiger partial charge in [0.1, 0.15) is 0 Å². The molecule has 0 spiro atoms. The van der Waals surface area contributed by atoms with E-state index in [4.69, 9.17) is 0 Å². The highest BCUT2D eigenvalue weighted by molar-refractivity contribution is 6.09. The van der Waals surface area contributed by atoms with Crippen molar-refractivity contribution >= 4 is 51.1 Å². The molecule has 0 N–H and O–H groups in total. The summed E-state index contributed by atoms with van der Waals surface area (Å²) in [5, 5.41) is 96.3. The van der Waals surface area contributed by atoms with E-state index in [9.17, 15) is 80.9 Å². The Labute approximate surface area is 276 Å². The maximum absolute atomic E-state index is 12.2. The van der Waals surface area contributed by atoms with Gasteiger partial charge in [-0.1, -0.05) is 6.08 Å². The Balaban J connectivity index is 1.85. The highest BCUT2D eigenvalue weighted by atomic mass is 16.7. The molecule has 51 heavy (non-hydrogen) atoms. The number of rotatable bonds is 9. The molecule has 0 fully saturated rings. The van der Waals surface area contributed by atoms with Crippen LogP contribution in [-0.2, 0) is 0 Å². The van der Waals surface area contributed by atoms with Gasteiger partial charge in [-0.15, -0.1) is 0 Å². The topological polar surface area (TPSA) is 345 Å². The molecule has 0 saturated carbocycles. The van der Waals surface area contributed by atoms with Crippen molar-refractivity contribution in [1.82, 2.24) is 0 Å². The van der Waals surface area contributed by atoms with E-state index in [1.165, 1.54) is 0 Å². The Kier molecular flexibility index (Phi) is 7.20. The van der Waals surface area contributed by atoms with Crippen LogP contribution in [0.15, 0.2) is 54.6 Å². The molecule has 2 aliphatic rings. The van der Waals surface area contributed by atoms with E-state index in [1.54, 1.807) is 0 Å². The molecule has 254 valence electrons. The van der Waals surface area contributed by atoms with Crippen molar-refractivity contribution in [3.63, 3.8) is 0 Å². The largest absolute Gasteiger partial charge is 0.284 e. The first kappa shape index (κ1) is 32.7. The van der Waals surface area contributed by atoms with Crippen LogP contribution in [0, 0.1) is 80.9 Å². The van der Waals surface area contributed by atoms with Crippen molar-refractivity contribution < 1.29 is 39.4 Å². The number of hydrogen-bond donors (Lipinski definition) is 0. The maximum atomic E-state index is 12.2. The predicted octanol–water partition coefficient (Wildman–Crippen LogP) is 6.18. The van der Waals surface area contributed by atoms with Crippen molar-refractivity contribution in [2.24, 2.45) is 0 Å². The van der Waals surface area contributed by atoms with Crippen LogP contribution in [0.5, 0.6) is 0 Å². The third-order valence-corrected chi connectivity index (χ3v) is 8.18. The molecule has 0 unspecified atom stereocenters. The first-order valence-electron chi connectivity index (χ1n) is 13.5. The van der Waals surface area contributed by atoms with Gasteiger partial charge in [0, 0.05) is 41.3 Å². The Hall–Kier alpha value is -8.18. The third kappa shape index (κ3) is 4.94. The van der Waals surface area contributed by atoms with Crippen molar-refractivity contribution in [1.29, 1.82) is 0 Å². The van der Waals surface area contributed by atoms with Gasteiger partial charge < -0.3 is 0 Å². The predicted molar refractivity (Wildman–Crippen MR) is 166 cm³/mol. The lowest BCUT2D eigenvalue weighted by Crippen LogP contribution is -2.00. The van der Waals surface area contributed by atoms with Crippen molar-refractivity contribution in [2.75, 3.05) is 0 Å². The highest BCUT2D eigenvalue weighted by Gasteiger charge is 2.45. The number of benzene rings is 4. The summed E-state index contributed by atoms with van der Waals surface area (Å²) in [6.07, 6.45) is 0.955. The summed E-state index contributed by atoms with van der Waals surface area (Å²) in [5.41, 5.74) is -12.6. The molecule has 0 atom stereocenters. The lowest BCUT2D eigenvalue weighted by molar-refractivity contribution is -0.395. The molecule has 2 aliphatic carbocycles. The average Bonchev–Trinajstić information content (AvgIpc) is 3.54. The fourth-order valence-corrected chi connectivity index (χ4v) is 6.31. The number of nitro groups is 8. The first-order chi connectivity index (χ1) is 23.9. The fourth-order valence-electron chi connectivity index (χ4n) is 6.31. The van der Waals surface area contributed by atoms with Crippen LogP contribution in [0.25, 0.3) is 27.8 Å². The van der Waals surface area contributed by atoms with Gasteiger partial charge in [0.25, 0.3) is 45.5 Å². The number of nitrogens with zero attached hydrogens (tertiary/aromatic N) is 8. The van der Waals surface area contributed by atoms with Crippen molar-refractivity contribution in [2.45, 2.75) is 5.92 Å². The van der Waals surface area contributed by atoms with Crippen LogP contribution in [0.1, 0.15) is 28.2 Å². The molecule has 24 nitrogen and oxygen atoms in total. The maximum Gasteiger partial charge on any atom is 0.284 e. The van der Waals surface area contributed by atoms with Gasteiger partial charge in [-0.2, -0.15) is 0 Å². The van der Waals surface area contributed by atoms with Crippen LogP contribution in [0.4, 0.5) is 45.5 Å². The van der Waals surface area contributed by atoms with Crippen LogP contribution in [-0.4, -0.2) is 39.4 Å². The summed E-state index contributed by atoms with van der Waals surface area (Å²) in [6.45, 7) is 0. The molecule has 0 saturated heterocycles. The smallest absolute Gasteiger partial charge is 0.258 e. The second-order valence-electron chi connectivity index (χ2n) is 10.7. The minimum Gasteiger partial charge on any atom is -0.258 e. The zero-order chi connectivity index (χ0) is 37.4. The zero-order valence-corrected chi connectivity index (χ0v) is 24.4. The SMILES string of the molecule is O=[N+]([O-])c1cc2c(c([N+](=O)[O-])c1)-c1c(cc([N+](=O)[O-])cc1[N+](=O)[O-])C2=CC1c2cc([N+](=O)[O-])cc([N+](=O)[O-])c2-c2c1cc([N+](=O)[O-])cc2[N+](=O)[O-]. The third-order valence-electron chi connectivity index (χ3n) is 8.18. The standard InChI is InChI=1S/C27H10N8O16/c36-28(37)10-1-16-14(17-2-11(29(38)39)6-21(33(46)47)25(17)24(16)20(5-10)32(44)45)9-15-18-3-12(30(40)41)7-22(34(48)49)26(18)27-19(15)4-13(31(42)43)8-23(27)35(50)51/h1-9,14H. The fraction of sp³-hybridized carbons (Fsp3) is 0.0370. The summed E-state index contributed by atoms with van der Waals surface area (Å²) in [7, 11) is 0. The summed E-state index contributed by atoms with van der Waals surface area (Å²) >= 11 is 0. The Morgan fingerprint density at radius 1 is 0.373 bits per heavy atom. The Bertz CT molecular complexity index is 2310. The molecule has 0 amide bonds. The molecule has 4 aromatic carbocycles. The van der Waals surface area contributed by atoms with Crippen LogP contribution in [0.2, 0.25) is 0 Å². The van der Waals surface area contributed by atoms with Crippen LogP contribution in [0.3, 0.4) is 0 Å². The molecule has 24 heteroatoms. The lowest BCUT2D eigenvalue weighted by Gasteiger charge is -2.12. The van der Waals surface area contributed by atoms with Gasteiger partial charge in [0.2, 0.25) is 0 Å². The quantitative estimate of drug-likeness (QED) is 0.122. The van der Waals surface area contributed by atoms with E-state index < -0.39 is 141 Å². The minimum absolute atomic E-state index is 0.433. The van der Waals surface area contributed by atoms with E-state index in [0.717, 1.165) is 30.3 Å². The normalized spacial score (nSPS) is 12.3. The zero-order valence-electron chi connectivity index (χ0n) is 24.4. The first-order valence-corrected chi connectivity index (χ1v) is 13.5. The summed E-state index contributed by atoms with van der Waals surface area (Å²) in [6, 6.07) is 4.96. The second-order valence-corrected chi connectivity index (χ2v) is 10.7. The average molecular weight is 702 g/mol. The molecule has 0 radical (unpaired) electrons. The van der Waals surface area contributed by atoms with E-state index in [1.807, 2.05) is 0 Å². The summed E-state index contributed by atoms with van der Waals surface area (Å²) in [4.78, 5) is 87.7. The highest BCUT2D eigenvalue weighted by Crippen LogP contribution is 2.59. The van der Waals surface area contributed by atoms with E-state index >= 15 is 0 Å². The van der Waals surface area contributed by atoms with Gasteiger partial charge in [-0.3, -0.25) is 80.9 Å². The molecule has 0 aliphatic heterocycles. The molecule has 0 aromatic heterocycles. The molecule has 4 aromatic rings. The van der Waals surface area contributed by atoms with Gasteiger partial charge in [-0.05, 0) is 16.7 Å². The Morgan fingerprint density at radius 2 is 0.647 bits per heavy atom. The van der Waals surface area contributed by atoms with Crippen LogP contribution >= 0.6 is 0 Å². The van der Waals surface area contributed by atoms with Gasteiger partial charge in [0.15, 0.2) is 0 Å². The van der Waals surface area contributed by atoms with Gasteiger partial charge in [-0.25, -0.2) is 0 Å². The number of nitro benzene ring substituents is 8. The monoisotopic (exact) mass is 702 g/mol. The van der Waals surface area contributed by atoms with Crippen molar-refractivity contribution in [3.8, 4) is 22.3 Å². The number of allylic oxidation sites excluding steroid dienone is 1.